The second kappa shape index (κ2) is 6.13. The summed E-state index contributed by atoms with van der Waals surface area (Å²) in [7, 11) is 0. The van der Waals surface area contributed by atoms with Gasteiger partial charge in [-0.3, -0.25) is 4.79 Å². The summed E-state index contributed by atoms with van der Waals surface area (Å²) >= 11 is 0. The number of halogens is 1. The smallest absolute Gasteiger partial charge is 0.316 e. The fourth-order valence-electron chi connectivity index (χ4n) is 3.49. The maximum Gasteiger partial charge on any atom is 0.316 e. The summed E-state index contributed by atoms with van der Waals surface area (Å²) in [5.41, 5.74) is 0.693. The molecule has 0 radical (unpaired) electrons. The Morgan fingerprint density at radius 1 is 1.32 bits per heavy atom. The van der Waals surface area contributed by atoms with Gasteiger partial charge in [-0.25, -0.2) is 4.39 Å². The van der Waals surface area contributed by atoms with Gasteiger partial charge in [-0.2, -0.15) is 0 Å². The van der Waals surface area contributed by atoms with Crippen LogP contribution in [0.4, 0.5) is 10.4 Å². The van der Waals surface area contributed by atoms with Crippen molar-refractivity contribution < 1.29 is 13.6 Å². The van der Waals surface area contributed by atoms with Crippen molar-refractivity contribution in [1.29, 1.82) is 0 Å². The summed E-state index contributed by atoms with van der Waals surface area (Å²) in [5.74, 6) is 0.385. The Bertz CT molecular complexity index is 755. The van der Waals surface area contributed by atoms with E-state index in [0.717, 1.165) is 18.4 Å². The molecule has 1 aromatic heterocycles. The van der Waals surface area contributed by atoms with Gasteiger partial charge in [-0.05, 0) is 38.3 Å². The lowest BCUT2D eigenvalue weighted by Crippen LogP contribution is -2.46. The molecular weight excluding hydrogens is 323 g/mol. The fraction of sp³-hybridized carbons (Fsp3) is 0.500. The lowest BCUT2D eigenvalue weighted by Gasteiger charge is -2.33. The van der Waals surface area contributed by atoms with E-state index >= 15 is 0 Å². The quantitative estimate of drug-likeness (QED) is 0.923. The van der Waals surface area contributed by atoms with Crippen LogP contribution < -0.4 is 5.32 Å². The number of likely N-dealkylation sites (tertiary alicyclic amines) is 1. The van der Waals surface area contributed by atoms with Gasteiger partial charge in [0.05, 0.1) is 0 Å². The Morgan fingerprint density at radius 3 is 2.64 bits per heavy atom. The minimum absolute atomic E-state index is 0.0228. The van der Waals surface area contributed by atoms with Crippen LogP contribution in [-0.4, -0.2) is 46.3 Å². The first kappa shape index (κ1) is 16.1. The van der Waals surface area contributed by atoms with Gasteiger partial charge in [0.15, 0.2) is 0 Å². The van der Waals surface area contributed by atoms with Gasteiger partial charge in [0, 0.05) is 24.1 Å². The molecule has 1 amide bonds. The molecule has 25 heavy (non-hydrogen) atoms. The molecule has 2 fully saturated rings. The average molecular weight is 344 g/mol. The molecule has 1 aliphatic heterocycles. The summed E-state index contributed by atoms with van der Waals surface area (Å²) in [6, 6.07) is 9.21. The topological polar surface area (TPSA) is 71.3 Å². The molecular formula is C18H21FN4O2. The maximum absolute atomic E-state index is 13.4. The zero-order valence-corrected chi connectivity index (χ0v) is 14.1. The molecule has 6 nitrogen and oxygen atoms in total. The summed E-state index contributed by atoms with van der Waals surface area (Å²) in [6.07, 6.45) is 1.50. The first-order valence-corrected chi connectivity index (χ1v) is 8.66. The molecule has 0 unspecified atom stereocenters. The summed E-state index contributed by atoms with van der Waals surface area (Å²) in [6.45, 7) is 3.00. The van der Waals surface area contributed by atoms with Crippen molar-refractivity contribution in [1.82, 2.24) is 15.1 Å². The number of aromatic nitrogens is 2. The molecule has 7 heteroatoms. The summed E-state index contributed by atoms with van der Waals surface area (Å²) in [5, 5.41) is 10.9. The van der Waals surface area contributed by atoms with Gasteiger partial charge < -0.3 is 14.6 Å². The van der Waals surface area contributed by atoms with Crippen molar-refractivity contribution in [2.45, 2.75) is 38.4 Å². The predicted molar refractivity (Wildman–Crippen MR) is 90.6 cm³/mol. The molecule has 4 rings (SSSR count). The monoisotopic (exact) mass is 344 g/mol. The van der Waals surface area contributed by atoms with Gasteiger partial charge in [0.1, 0.15) is 12.2 Å². The van der Waals surface area contributed by atoms with E-state index in [0.29, 0.717) is 25.4 Å². The van der Waals surface area contributed by atoms with Crippen molar-refractivity contribution in [3.05, 3.63) is 30.3 Å². The number of carbonyl (C=O) groups excluding carboxylic acids is 1. The van der Waals surface area contributed by atoms with Crippen molar-refractivity contribution in [2.24, 2.45) is 5.41 Å². The van der Waals surface area contributed by atoms with E-state index in [2.05, 4.69) is 15.5 Å². The molecule has 1 N–H and O–H groups in total. The minimum atomic E-state index is -0.671. The van der Waals surface area contributed by atoms with E-state index in [4.69, 9.17) is 4.42 Å². The van der Waals surface area contributed by atoms with Crippen LogP contribution in [0.3, 0.4) is 0 Å². The molecule has 132 valence electrons. The number of hydrogen-bond donors (Lipinski definition) is 1. The van der Waals surface area contributed by atoms with Gasteiger partial charge in [0.2, 0.25) is 11.8 Å². The van der Waals surface area contributed by atoms with E-state index in [1.165, 1.54) is 0 Å². The van der Waals surface area contributed by atoms with E-state index in [1.807, 2.05) is 30.3 Å². The minimum Gasteiger partial charge on any atom is -0.403 e. The molecule has 0 bridgehead atoms. The highest BCUT2D eigenvalue weighted by molar-refractivity contribution is 5.83. The third kappa shape index (κ3) is 3.10. The van der Waals surface area contributed by atoms with E-state index < -0.39 is 12.2 Å². The van der Waals surface area contributed by atoms with Crippen molar-refractivity contribution in [3.8, 4) is 11.5 Å². The molecule has 2 heterocycles. The van der Waals surface area contributed by atoms with Crippen molar-refractivity contribution in [3.63, 3.8) is 0 Å². The highest BCUT2D eigenvalue weighted by Crippen LogP contribution is 2.55. The summed E-state index contributed by atoms with van der Waals surface area (Å²) in [4.78, 5) is 14.4. The van der Waals surface area contributed by atoms with E-state index in [1.54, 1.807) is 11.8 Å². The van der Waals surface area contributed by atoms with Crippen LogP contribution in [0, 0.1) is 5.41 Å². The third-order valence-electron chi connectivity index (χ3n) is 5.32. The number of rotatable bonds is 4. The molecule has 2 aliphatic rings. The number of carbonyl (C=O) groups is 1. The van der Waals surface area contributed by atoms with Gasteiger partial charge >= 0.3 is 6.01 Å². The lowest BCUT2D eigenvalue weighted by atomic mass is 9.93. The molecule has 2 atom stereocenters. The Labute approximate surface area is 145 Å². The average Bonchev–Trinajstić information content (AvgIpc) is 3.05. The van der Waals surface area contributed by atoms with Gasteiger partial charge in [-0.1, -0.05) is 23.3 Å². The number of amides is 1. The molecule has 1 aliphatic carbocycles. The predicted octanol–water partition coefficient (Wildman–Crippen LogP) is 2.89. The zero-order chi connectivity index (χ0) is 17.4. The Morgan fingerprint density at radius 2 is 2.00 bits per heavy atom. The Kier molecular flexibility index (Phi) is 3.94. The maximum atomic E-state index is 13.4. The SMILES string of the molecule is C[C@H](Nc1nnc(-c2ccccc2)o1)C(=O)N1CCC2(CC1)C[C@@H]2F. The van der Waals surface area contributed by atoms with Crippen LogP contribution in [0.5, 0.6) is 0 Å². The molecule has 1 spiro atoms. The number of nitrogens with zero attached hydrogens (tertiary/aromatic N) is 3. The van der Waals surface area contributed by atoms with Crippen molar-refractivity contribution in [2.75, 3.05) is 18.4 Å². The zero-order valence-electron chi connectivity index (χ0n) is 14.1. The first-order valence-electron chi connectivity index (χ1n) is 8.66. The number of hydrogen-bond acceptors (Lipinski definition) is 5. The van der Waals surface area contributed by atoms with Crippen LogP contribution in [0.15, 0.2) is 34.7 Å². The largest absolute Gasteiger partial charge is 0.403 e. The number of alkyl halides is 1. The van der Waals surface area contributed by atoms with E-state index in [9.17, 15) is 9.18 Å². The number of piperidine rings is 1. The van der Waals surface area contributed by atoms with Gasteiger partial charge in [0.25, 0.3) is 0 Å². The van der Waals surface area contributed by atoms with Crippen LogP contribution in [0.1, 0.15) is 26.2 Å². The normalized spacial score (nSPS) is 22.6. The molecule has 1 saturated heterocycles. The van der Waals surface area contributed by atoms with Crippen molar-refractivity contribution >= 4 is 11.9 Å². The summed E-state index contributed by atoms with van der Waals surface area (Å²) < 4.78 is 19.0. The molecule has 1 saturated carbocycles. The molecule has 2 aromatic rings. The van der Waals surface area contributed by atoms with Gasteiger partial charge in [-0.15, -0.1) is 5.10 Å². The highest BCUT2D eigenvalue weighted by Gasteiger charge is 2.56. The van der Waals surface area contributed by atoms with Crippen LogP contribution in [-0.2, 0) is 4.79 Å². The number of nitrogens with one attached hydrogen (secondary N) is 1. The fourth-order valence-corrected chi connectivity index (χ4v) is 3.49. The first-order chi connectivity index (χ1) is 12.1. The third-order valence-corrected chi connectivity index (χ3v) is 5.32. The second-order valence-electron chi connectivity index (χ2n) is 7.00. The Balaban J connectivity index is 1.35. The lowest BCUT2D eigenvalue weighted by molar-refractivity contribution is -0.133. The Hall–Kier alpha value is -2.44. The number of anilines is 1. The highest BCUT2D eigenvalue weighted by atomic mass is 19.1. The van der Waals surface area contributed by atoms with Crippen LogP contribution in [0.2, 0.25) is 0 Å². The standard InChI is InChI=1S/C18H21FN4O2/c1-12(16(24)23-9-7-18(8-10-23)11-14(18)19)20-17-22-21-15(25-17)13-5-3-2-4-6-13/h2-6,12,14H,7-11H2,1H3,(H,20,22)/t12-,14-/m0/s1. The molecule has 1 aromatic carbocycles. The number of benzene rings is 1. The van der Waals surface area contributed by atoms with Crippen LogP contribution >= 0.6 is 0 Å². The van der Waals surface area contributed by atoms with E-state index in [-0.39, 0.29) is 17.3 Å². The van der Waals surface area contributed by atoms with Crippen LogP contribution in [0.25, 0.3) is 11.5 Å². The second-order valence-corrected chi connectivity index (χ2v) is 7.00.